The third-order valence-corrected chi connectivity index (χ3v) is 8.76. The zero-order valence-electron chi connectivity index (χ0n) is 27.0. The van der Waals surface area contributed by atoms with Crippen molar-refractivity contribution in [3.63, 3.8) is 0 Å². The lowest BCUT2D eigenvalue weighted by atomic mass is 9.83. The highest BCUT2D eigenvalue weighted by atomic mass is 32.2. The van der Waals surface area contributed by atoms with Crippen molar-refractivity contribution in [2.45, 2.75) is 117 Å². The van der Waals surface area contributed by atoms with Crippen LogP contribution in [0.15, 0.2) is 12.7 Å². The van der Waals surface area contributed by atoms with E-state index in [0.29, 0.717) is 6.42 Å². The number of nitrogens with one attached hydrogen (secondary N) is 4. The van der Waals surface area contributed by atoms with E-state index in [1.54, 1.807) is 18.7 Å². The van der Waals surface area contributed by atoms with Crippen LogP contribution >= 0.6 is 11.8 Å². The number of rotatable bonds is 17. The van der Waals surface area contributed by atoms with Gasteiger partial charge in [0.05, 0.1) is 11.6 Å². The normalized spacial score (nSPS) is 16.4. The fourth-order valence-corrected chi connectivity index (χ4v) is 6.09. The van der Waals surface area contributed by atoms with Crippen molar-refractivity contribution in [3.05, 3.63) is 12.7 Å². The van der Waals surface area contributed by atoms with E-state index in [1.807, 2.05) is 27.7 Å². The zero-order valence-corrected chi connectivity index (χ0v) is 27.8. The van der Waals surface area contributed by atoms with Crippen LogP contribution in [0.25, 0.3) is 0 Å². The van der Waals surface area contributed by atoms with Gasteiger partial charge in [0.1, 0.15) is 12.1 Å². The number of ketones is 1. The molecule has 0 spiro atoms. The number of hydrogen-bond donors (Lipinski definition) is 4. The Morgan fingerprint density at radius 3 is 2.28 bits per heavy atom. The minimum Gasteiger partial charge on any atom is -0.346 e. The Kier molecular flexibility index (Phi) is 16.5. The molecule has 1 aliphatic carbocycles. The van der Waals surface area contributed by atoms with Crippen LogP contribution in [-0.2, 0) is 19.2 Å². The highest BCUT2D eigenvalue weighted by molar-refractivity contribution is 7.99. The van der Waals surface area contributed by atoms with Crippen molar-refractivity contribution in [2.24, 2.45) is 5.41 Å². The van der Waals surface area contributed by atoms with E-state index in [1.165, 1.54) is 11.0 Å². The van der Waals surface area contributed by atoms with Gasteiger partial charge >= 0.3 is 6.03 Å². The fourth-order valence-electron chi connectivity index (χ4n) is 5.13. The van der Waals surface area contributed by atoms with Crippen LogP contribution < -0.4 is 21.3 Å². The summed E-state index contributed by atoms with van der Waals surface area (Å²) >= 11 is 1.80. The first-order valence-corrected chi connectivity index (χ1v) is 16.6. The van der Waals surface area contributed by atoms with Gasteiger partial charge in [-0.15, -0.1) is 18.9 Å². The monoisotopic (exact) mass is 619 g/mol. The molecule has 1 aliphatic rings. The van der Waals surface area contributed by atoms with Gasteiger partial charge in [0.25, 0.3) is 5.91 Å². The molecule has 0 bridgehead atoms. The molecule has 1 rings (SSSR count). The van der Waals surface area contributed by atoms with Crippen molar-refractivity contribution in [3.8, 4) is 12.3 Å². The molecular weight excluding hydrogens is 566 g/mol. The predicted molar refractivity (Wildman–Crippen MR) is 173 cm³/mol. The minimum atomic E-state index is -1.15. The fraction of sp³-hybridized carbons (Fsp3) is 0.719. The molecule has 242 valence electrons. The molecule has 0 saturated heterocycles. The summed E-state index contributed by atoms with van der Waals surface area (Å²) in [7, 11) is 0. The van der Waals surface area contributed by atoms with E-state index in [4.69, 9.17) is 6.42 Å². The molecule has 10 nitrogen and oxygen atoms in total. The van der Waals surface area contributed by atoms with Crippen molar-refractivity contribution in [2.75, 3.05) is 24.6 Å². The maximum absolute atomic E-state index is 14.1. The predicted octanol–water partition coefficient (Wildman–Crippen LogP) is 3.55. The second-order valence-corrected chi connectivity index (χ2v) is 13.5. The van der Waals surface area contributed by atoms with Gasteiger partial charge in [-0.05, 0) is 43.8 Å². The second-order valence-electron chi connectivity index (χ2n) is 12.3. The van der Waals surface area contributed by atoms with E-state index in [2.05, 4.69) is 40.7 Å². The van der Waals surface area contributed by atoms with Crippen LogP contribution in [0.5, 0.6) is 0 Å². The number of hydrogen-bond acceptors (Lipinski definition) is 6. The summed E-state index contributed by atoms with van der Waals surface area (Å²) in [5.74, 6) is 1.52. The van der Waals surface area contributed by atoms with Crippen molar-refractivity contribution in [1.29, 1.82) is 0 Å². The molecule has 1 saturated carbocycles. The van der Waals surface area contributed by atoms with Gasteiger partial charge in [-0.3, -0.25) is 19.2 Å². The lowest BCUT2D eigenvalue weighted by Crippen LogP contribution is -2.63. The minimum absolute atomic E-state index is 0.0709. The largest absolute Gasteiger partial charge is 0.346 e. The highest BCUT2D eigenvalue weighted by Gasteiger charge is 2.41. The molecule has 0 heterocycles. The summed E-state index contributed by atoms with van der Waals surface area (Å²) in [6, 6.07) is -3.45. The van der Waals surface area contributed by atoms with E-state index < -0.39 is 53.1 Å². The lowest BCUT2D eigenvalue weighted by Gasteiger charge is -2.40. The molecule has 0 aliphatic heterocycles. The summed E-state index contributed by atoms with van der Waals surface area (Å²) in [5.41, 5.74) is -0.980. The Balaban J connectivity index is 3.17. The van der Waals surface area contributed by atoms with E-state index in [-0.39, 0.29) is 31.5 Å². The van der Waals surface area contributed by atoms with Crippen LogP contribution in [0.4, 0.5) is 4.79 Å². The molecule has 0 aromatic rings. The molecule has 1 fully saturated rings. The number of nitrogens with zero attached hydrogens (tertiary/aromatic N) is 1. The molecule has 1 unspecified atom stereocenters. The van der Waals surface area contributed by atoms with Gasteiger partial charge < -0.3 is 26.2 Å². The Labute approximate surface area is 262 Å². The number of carbonyl (C=O) groups excluding carboxylic acids is 5. The summed E-state index contributed by atoms with van der Waals surface area (Å²) in [5, 5.41) is 11.2. The first-order valence-electron chi connectivity index (χ1n) is 15.4. The molecule has 3 atom stereocenters. The number of carbonyl (C=O) groups is 5. The Hall–Kier alpha value is -3.00. The van der Waals surface area contributed by atoms with Gasteiger partial charge in [-0.2, -0.15) is 11.8 Å². The van der Waals surface area contributed by atoms with Crippen molar-refractivity contribution in [1.82, 2.24) is 26.2 Å². The lowest BCUT2D eigenvalue weighted by molar-refractivity contribution is -0.145. The SMILES string of the molecule is C#CCCC(NC(=O)[C@H](C)N(CCC)C(=O)[C@@H](NC(=O)NC1(CSCC)CCCCC1)C(C)(C)C)C(=O)C(=O)NCC=C. The Bertz CT molecular complexity index is 1010. The van der Waals surface area contributed by atoms with Crippen molar-refractivity contribution >= 4 is 41.3 Å². The summed E-state index contributed by atoms with van der Waals surface area (Å²) < 4.78 is 0. The van der Waals surface area contributed by atoms with E-state index in [9.17, 15) is 24.0 Å². The number of terminal acetylenes is 1. The molecule has 5 amide bonds. The molecule has 11 heteroatoms. The van der Waals surface area contributed by atoms with Crippen LogP contribution in [0.1, 0.15) is 92.9 Å². The van der Waals surface area contributed by atoms with Gasteiger partial charge in [0.2, 0.25) is 17.6 Å². The summed E-state index contributed by atoms with van der Waals surface area (Å²) in [6.07, 6.45) is 12.6. The average molecular weight is 620 g/mol. The van der Waals surface area contributed by atoms with Crippen LogP contribution in [-0.4, -0.2) is 82.7 Å². The Morgan fingerprint density at radius 1 is 1.09 bits per heavy atom. The molecular formula is C32H53N5O5S. The van der Waals surface area contributed by atoms with Crippen LogP contribution in [0, 0.1) is 17.8 Å². The smallest absolute Gasteiger partial charge is 0.315 e. The molecule has 0 aromatic heterocycles. The van der Waals surface area contributed by atoms with Gasteiger partial charge in [-0.25, -0.2) is 4.79 Å². The first-order chi connectivity index (χ1) is 20.3. The molecule has 43 heavy (non-hydrogen) atoms. The number of Topliss-reactive ketones (excluding diaryl/α,β-unsaturated/α-hetero) is 1. The van der Waals surface area contributed by atoms with E-state index in [0.717, 1.165) is 43.6 Å². The zero-order chi connectivity index (χ0) is 32.6. The van der Waals surface area contributed by atoms with Crippen LogP contribution in [0.2, 0.25) is 0 Å². The number of thioether (sulfide) groups is 1. The van der Waals surface area contributed by atoms with Crippen LogP contribution in [0.3, 0.4) is 0 Å². The number of urea groups is 1. The van der Waals surface area contributed by atoms with Gasteiger partial charge in [-0.1, -0.05) is 60.0 Å². The van der Waals surface area contributed by atoms with Gasteiger partial charge in [0, 0.05) is 25.3 Å². The number of amides is 5. The topological polar surface area (TPSA) is 137 Å². The second kappa shape index (κ2) is 18.6. The Morgan fingerprint density at radius 2 is 1.74 bits per heavy atom. The maximum atomic E-state index is 14.1. The first kappa shape index (κ1) is 38.0. The summed E-state index contributed by atoms with van der Waals surface area (Å²) in [6.45, 7) is 15.0. The van der Waals surface area contributed by atoms with Gasteiger partial charge in [0.15, 0.2) is 0 Å². The highest BCUT2D eigenvalue weighted by Crippen LogP contribution is 2.31. The van der Waals surface area contributed by atoms with E-state index >= 15 is 0 Å². The quantitative estimate of drug-likeness (QED) is 0.112. The molecule has 4 N–H and O–H groups in total. The maximum Gasteiger partial charge on any atom is 0.315 e. The third-order valence-electron chi connectivity index (χ3n) is 7.60. The van der Waals surface area contributed by atoms with Crippen molar-refractivity contribution < 1.29 is 24.0 Å². The summed E-state index contributed by atoms with van der Waals surface area (Å²) in [4.78, 5) is 67.4. The standard InChI is InChI=1S/C32H53N5O5S/c1-9-13-17-24(25(38)28(40)33-20-10-2)34-27(39)23(5)37(21-11-3)29(41)26(31(6,7)8)35-30(42)36-32(22-43-12-4)18-15-14-16-19-32/h1,10,23-24,26H,2,11-22H2,3-8H3,(H,33,40)(H,34,39)(H2,35,36,42)/t23-,24?,26+/m0/s1. The third kappa shape index (κ3) is 12.3. The molecule has 0 aromatic carbocycles. The average Bonchev–Trinajstić information content (AvgIpc) is 2.97. The molecule has 0 radical (unpaired) electrons.